The van der Waals surface area contributed by atoms with Gasteiger partial charge in [-0.2, -0.15) is 0 Å². The average molecular weight is 287 g/mol. The molecule has 0 bridgehead atoms. The third kappa shape index (κ3) is 3.54. The highest BCUT2D eigenvalue weighted by Crippen LogP contribution is 2.32. The van der Waals surface area contributed by atoms with Gasteiger partial charge in [0, 0.05) is 6.26 Å². The van der Waals surface area contributed by atoms with Crippen molar-refractivity contribution in [3.8, 4) is 0 Å². The van der Waals surface area contributed by atoms with Crippen molar-refractivity contribution >= 4 is 9.84 Å². The van der Waals surface area contributed by atoms with E-state index in [2.05, 4.69) is 5.32 Å². The quantitative estimate of drug-likeness (QED) is 0.905. The Morgan fingerprint density at radius 1 is 1.32 bits per heavy atom. The lowest BCUT2D eigenvalue weighted by atomic mass is 9.94. The third-order valence-corrected chi connectivity index (χ3v) is 5.60. The van der Waals surface area contributed by atoms with E-state index in [4.69, 9.17) is 0 Å². The van der Waals surface area contributed by atoms with Crippen LogP contribution in [0.3, 0.4) is 0 Å². The molecule has 108 valence electrons. The van der Waals surface area contributed by atoms with Crippen molar-refractivity contribution in [1.29, 1.82) is 0 Å². The highest BCUT2D eigenvalue weighted by atomic mass is 32.2. The van der Waals surface area contributed by atoms with Crippen LogP contribution in [-0.2, 0) is 9.84 Å². The van der Waals surface area contributed by atoms with Crippen LogP contribution in [0.1, 0.15) is 37.9 Å². The summed E-state index contributed by atoms with van der Waals surface area (Å²) in [4.78, 5) is 0. The second-order valence-electron chi connectivity index (χ2n) is 5.43. The largest absolute Gasteiger partial charge is 0.309 e. The number of aryl methyl sites for hydroxylation is 1. The molecule has 0 aliphatic heterocycles. The molecule has 1 rings (SSSR count). The molecule has 0 spiro atoms. The van der Waals surface area contributed by atoms with Crippen molar-refractivity contribution in [2.45, 2.75) is 38.5 Å². The van der Waals surface area contributed by atoms with Crippen molar-refractivity contribution in [2.75, 3.05) is 12.8 Å². The van der Waals surface area contributed by atoms with E-state index in [0.717, 1.165) is 5.56 Å². The van der Waals surface area contributed by atoms with E-state index >= 15 is 0 Å². The smallest absolute Gasteiger partial charge is 0.154 e. The summed E-state index contributed by atoms with van der Waals surface area (Å²) in [6, 6.07) is 4.21. The number of benzene rings is 1. The second kappa shape index (κ2) is 5.59. The van der Waals surface area contributed by atoms with E-state index in [1.165, 1.54) is 18.4 Å². The molecule has 19 heavy (non-hydrogen) atoms. The first-order valence-corrected chi connectivity index (χ1v) is 8.18. The monoisotopic (exact) mass is 287 g/mol. The van der Waals surface area contributed by atoms with E-state index in [1.54, 1.807) is 20.8 Å². The lowest BCUT2D eigenvalue weighted by Gasteiger charge is -2.33. The molecule has 0 saturated heterocycles. The second-order valence-corrected chi connectivity index (χ2v) is 8.02. The number of sulfone groups is 1. The molecule has 1 aromatic carbocycles. The Labute approximate surface area is 115 Å². The van der Waals surface area contributed by atoms with Gasteiger partial charge in [0.2, 0.25) is 0 Å². The molecule has 1 unspecified atom stereocenters. The van der Waals surface area contributed by atoms with E-state index in [0.29, 0.717) is 12.1 Å². The molecular weight excluding hydrogens is 265 g/mol. The lowest BCUT2D eigenvalue weighted by Crippen LogP contribution is -2.45. The van der Waals surface area contributed by atoms with Crippen LogP contribution < -0.4 is 5.32 Å². The zero-order valence-corrected chi connectivity index (χ0v) is 12.9. The van der Waals surface area contributed by atoms with Gasteiger partial charge in [-0.25, -0.2) is 12.8 Å². The van der Waals surface area contributed by atoms with Gasteiger partial charge in [-0.05, 0) is 50.6 Å². The Kier molecular flexibility index (Phi) is 4.74. The van der Waals surface area contributed by atoms with Gasteiger partial charge in [0.05, 0.1) is 10.8 Å². The van der Waals surface area contributed by atoms with E-state index in [9.17, 15) is 12.8 Å². The van der Waals surface area contributed by atoms with Crippen LogP contribution in [0.25, 0.3) is 0 Å². The first-order chi connectivity index (χ1) is 8.59. The first-order valence-electron chi connectivity index (χ1n) is 6.29. The zero-order valence-electron chi connectivity index (χ0n) is 12.1. The molecule has 1 N–H and O–H groups in total. The van der Waals surface area contributed by atoms with Gasteiger partial charge < -0.3 is 5.32 Å². The molecule has 0 radical (unpaired) electrons. The van der Waals surface area contributed by atoms with Crippen LogP contribution in [-0.4, -0.2) is 26.0 Å². The number of rotatable bonds is 5. The highest BCUT2D eigenvalue weighted by molar-refractivity contribution is 7.92. The van der Waals surface area contributed by atoms with Gasteiger partial charge in [0.15, 0.2) is 9.84 Å². The van der Waals surface area contributed by atoms with Gasteiger partial charge in [-0.15, -0.1) is 0 Å². The number of hydrogen-bond acceptors (Lipinski definition) is 3. The molecule has 3 nitrogen and oxygen atoms in total. The van der Waals surface area contributed by atoms with Crippen LogP contribution in [0.2, 0.25) is 0 Å². The topological polar surface area (TPSA) is 46.2 Å². The molecule has 1 atom stereocenters. The predicted molar refractivity (Wildman–Crippen MR) is 76.5 cm³/mol. The average Bonchev–Trinajstić information content (AvgIpc) is 2.22. The summed E-state index contributed by atoms with van der Waals surface area (Å²) in [5.74, 6) is -0.345. The molecule has 0 heterocycles. The fourth-order valence-electron chi connectivity index (χ4n) is 2.11. The minimum atomic E-state index is -3.28. The van der Waals surface area contributed by atoms with Gasteiger partial charge in [-0.3, -0.25) is 0 Å². The van der Waals surface area contributed by atoms with Gasteiger partial charge in [-0.1, -0.05) is 13.0 Å². The van der Waals surface area contributed by atoms with Crippen molar-refractivity contribution in [1.82, 2.24) is 5.32 Å². The Morgan fingerprint density at radius 2 is 1.89 bits per heavy atom. The number of halogens is 1. The van der Waals surface area contributed by atoms with Gasteiger partial charge in [0.25, 0.3) is 0 Å². The maximum atomic E-state index is 13.5. The van der Waals surface area contributed by atoms with Crippen LogP contribution in [0, 0.1) is 12.7 Å². The molecule has 1 aromatic rings. The van der Waals surface area contributed by atoms with E-state index in [-0.39, 0.29) is 5.82 Å². The fourth-order valence-corrected chi connectivity index (χ4v) is 2.76. The van der Waals surface area contributed by atoms with Crippen LogP contribution in [0.15, 0.2) is 18.2 Å². The molecule has 0 saturated carbocycles. The van der Waals surface area contributed by atoms with Gasteiger partial charge in [0.1, 0.15) is 5.82 Å². The van der Waals surface area contributed by atoms with Crippen molar-refractivity contribution < 1.29 is 12.8 Å². The Morgan fingerprint density at radius 3 is 2.32 bits per heavy atom. The molecular formula is C14H22FNO2S. The van der Waals surface area contributed by atoms with E-state index in [1.807, 2.05) is 13.0 Å². The van der Waals surface area contributed by atoms with E-state index < -0.39 is 20.6 Å². The third-order valence-electron chi connectivity index (χ3n) is 3.46. The number of hydrogen-bond donors (Lipinski definition) is 1. The van der Waals surface area contributed by atoms with Crippen LogP contribution >= 0.6 is 0 Å². The van der Waals surface area contributed by atoms with Crippen LogP contribution in [0.5, 0.6) is 0 Å². The Bertz CT molecular complexity index is 532. The molecule has 0 aliphatic rings. The minimum absolute atomic E-state index is 0.345. The molecule has 0 aromatic heterocycles. The normalized spacial score (nSPS) is 14.4. The SMILES string of the molecule is CCNC(c1cc(C)cc(F)c1)C(C)(C)S(C)(=O)=O. The Balaban J connectivity index is 3.36. The van der Waals surface area contributed by atoms with Crippen LogP contribution in [0.4, 0.5) is 4.39 Å². The molecule has 5 heteroatoms. The first kappa shape index (κ1) is 16.1. The van der Waals surface area contributed by atoms with Crippen molar-refractivity contribution in [3.63, 3.8) is 0 Å². The summed E-state index contributed by atoms with van der Waals surface area (Å²) in [6.45, 7) is 7.63. The maximum Gasteiger partial charge on any atom is 0.154 e. The summed E-state index contributed by atoms with van der Waals surface area (Å²) in [6.07, 6.45) is 1.21. The Hall–Kier alpha value is -0.940. The maximum absolute atomic E-state index is 13.5. The molecule has 0 amide bonds. The summed E-state index contributed by atoms with van der Waals surface area (Å²) in [5, 5.41) is 3.15. The zero-order chi connectivity index (χ0) is 14.8. The summed E-state index contributed by atoms with van der Waals surface area (Å²) >= 11 is 0. The van der Waals surface area contributed by atoms with Crippen molar-refractivity contribution in [3.05, 3.63) is 35.1 Å². The number of nitrogens with one attached hydrogen (secondary N) is 1. The lowest BCUT2D eigenvalue weighted by molar-refractivity contribution is 0.426. The molecule has 0 fully saturated rings. The fraction of sp³-hybridized carbons (Fsp3) is 0.571. The van der Waals surface area contributed by atoms with Gasteiger partial charge >= 0.3 is 0 Å². The minimum Gasteiger partial charge on any atom is -0.309 e. The standard InChI is InChI=1S/C14H22FNO2S/c1-6-16-13(14(3,4)19(5,17)18)11-7-10(2)8-12(15)9-11/h7-9,13,16H,6H2,1-5H3. The summed E-state index contributed by atoms with van der Waals surface area (Å²) < 4.78 is 36.5. The summed E-state index contributed by atoms with van der Waals surface area (Å²) in [5.41, 5.74) is 1.44. The highest BCUT2D eigenvalue weighted by Gasteiger charge is 2.39. The summed E-state index contributed by atoms with van der Waals surface area (Å²) in [7, 11) is -3.28. The van der Waals surface area contributed by atoms with Crippen molar-refractivity contribution in [2.24, 2.45) is 0 Å². The predicted octanol–water partition coefficient (Wildman–Crippen LogP) is 2.61. The molecule has 0 aliphatic carbocycles.